The van der Waals surface area contributed by atoms with Crippen molar-refractivity contribution in [3.05, 3.63) is 7.18 Å². The summed E-state index contributed by atoms with van der Waals surface area (Å²) in [7, 11) is -0.389. The molecule has 0 amide bonds. The molecule has 0 aromatic rings. The standard InChI is InChI=1S/CF.H3N.H3O4P/c1-2;;1-5(2,3)4/h;1H3;(H3,1,2,3,4). The smallest absolute Gasteiger partial charge is 0.344 e. The molecule has 5 nitrogen and oxygen atoms in total. The molecule has 0 aliphatic rings. The van der Waals surface area contributed by atoms with Crippen LogP contribution in [-0.4, -0.2) is 14.7 Å². The number of phosphoric acid groups is 1. The highest BCUT2D eigenvalue weighted by Gasteiger charge is 2.00. The summed E-state index contributed by atoms with van der Waals surface area (Å²) in [6, 6.07) is 0. The van der Waals surface area contributed by atoms with Gasteiger partial charge in [0.2, 0.25) is 7.18 Å². The largest absolute Gasteiger partial charge is 0.466 e. The Morgan fingerprint density at radius 2 is 1.25 bits per heavy atom. The molecule has 0 aliphatic heterocycles. The van der Waals surface area contributed by atoms with Crippen LogP contribution in [-0.2, 0) is 4.57 Å². The van der Waals surface area contributed by atoms with Crippen LogP contribution in [0.15, 0.2) is 0 Å². The van der Waals surface area contributed by atoms with Crippen LogP contribution in [0.3, 0.4) is 0 Å². The Bertz CT molecular complexity index is 62.2. The third-order valence-corrected chi connectivity index (χ3v) is 0. The van der Waals surface area contributed by atoms with E-state index in [0.717, 1.165) is 0 Å². The van der Waals surface area contributed by atoms with Crippen LogP contribution in [0.1, 0.15) is 0 Å². The summed E-state index contributed by atoms with van der Waals surface area (Å²) < 4.78 is 17.6. The zero-order valence-electron chi connectivity index (χ0n) is 3.78. The molecule has 0 aliphatic carbocycles. The van der Waals surface area contributed by atoms with Crippen LogP contribution in [0, 0.1) is 7.18 Å². The normalized spacial score (nSPS) is 8.12. The molecular weight excluding hydrogens is 140 g/mol. The van der Waals surface area contributed by atoms with Gasteiger partial charge in [0.05, 0.1) is 0 Å². The molecule has 3 radical (unpaired) electrons. The van der Waals surface area contributed by atoms with Gasteiger partial charge in [-0.2, -0.15) is 0 Å². The van der Waals surface area contributed by atoms with Gasteiger partial charge in [-0.25, -0.2) is 8.96 Å². The predicted octanol–water partition coefficient (Wildman–Crippen LogP) is -0.265. The second-order valence-electron chi connectivity index (χ2n) is 0.513. The van der Waals surface area contributed by atoms with Gasteiger partial charge >= 0.3 is 7.82 Å². The maximum Gasteiger partial charge on any atom is 0.466 e. The molecule has 0 saturated carbocycles. The highest BCUT2D eigenvalue weighted by atomic mass is 31.2. The SMILES string of the molecule is N.O=P(O)(O)O.[C]F. The van der Waals surface area contributed by atoms with E-state index >= 15 is 0 Å². The van der Waals surface area contributed by atoms with Gasteiger partial charge in [0.25, 0.3) is 0 Å². The van der Waals surface area contributed by atoms with Crippen molar-refractivity contribution in [2.75, 3.05) is 0 Å². The molecule has 0 spiro atoms. The molecule has 0 aromatic heterocycles. The third kappa shape index (κ3) is 48700000000000003748228099636985856. The fourth-order valence-corrected chi connectivity index (χ4v) is 0. The molecule has 0 heterocycles. The summed E-state index contributed by atoms with van der Waals surface area (Å²) in [5, 5.41) is 0. The van der Waals surface area contributed by atoms with Crippen LogP contribution in [0.4, 0.5) is 4.39 Å². The lowest BCUT2D eigenvalue weighted by Crippen LogP contribution is -1.66. The van der Waals surface area contributed by atoms with Gasteiger partial charge in [-0.3, -0.25) is 0 Å². The van der Waals surface area contributed by atoms with Crippen molar-refractivity contribution in [1.82, 2.24) is 6.15 Å². The van der Waals surface area contributed by atoms with Gasteiger partial charge in [-0.05, 0) is 0 Å². The summed E-state index contributed by atoms with van der Waals surface area (Å²) in [5.41, 5.74) is 0. The van der Waals surface area contributed by atoms with Crippen LogP contribution < -0.4 is 6.15 Å². The first-order valence-corrected chi connectivity index (χ1v) is 2.54. The van der Waals surface area contributed by atoms with Crippen molar-refractivity contribution >= 4 is 7.82 Å². The van der Waals surface area contributed by atoms with Crippen LogP contribution in [0.5, 0.6) is 0 Å². The molecule has 51 valence electrons. The maximum atomic E-state index is 8.88. The summed E-state index contributed by atoms with van der Waals surface area (Å²) in [4.78, 5) is 21.6. The second kappa shape index (κ2) is 7.00. The second-order valence-corrected chi connectivity index (χ2v) is 1.54. The van der Waals surface area contributed by atoms with Crippen molar-refractivity contribution in [3.63, 3.8) is 0 Å². The Hall–Kier alpha value is -0.0000000000000000555. The molecule has 0 bridgehead atoms. The average Bonchev–Trinajstić information content (AvgIpc) is 1.36. The highest BCUT2D eigenvalue weighted by molar-refractivity contribution is 7.45. The van der Waals surface area contributed by atoms with E-state index in [1.807, 2.05) is 0 Å². The average molecular weight is 146 g/mol. The van der Waals surface area contributed by atoms with Crippen molar-refractivity contribution in [2.45, 2.75) is 0 Å². The molecule has 6 N–H and O–H groups in total. The van der Waals surface area contributed by atoms with E-state index in [9.17, 15) is 0 Å². The van der Waals surface area contributed by atoms with Crippen molar-refractivity contribution in [1.29, 1.82) is 0 Å². The Labute approximate surface area is 46.0 Å². The molecule has 0 saturated heterocycles. The van der Waals surface area contributed by atoms with E-state index in [-0.39, 0.29) is 6.15 Å². The summed E-state index contributed by atoms with van der Waals surface area (Å²) in [6.07, 6.45) is 0. The fourth-order valence-electron chi connectivity index (χ4n) is 0. The predicted molar refractivity (Wildman–Crippen MR) is 23.6 cm³/mol. The Morgan fingerprint density at radius 3 is 1.25 bits per heavy atom. The molecular formula is CH6FNO4P. The highest BCUT2D eigenvalue weighted by Crippen LogP contribution is 2.25. The van der Waals surface area contributed by atoms with Gasteiger partial charge in [0, 0.05) is 0 Å². The van der Waals surface area contributed by atoms with Crippen molar-refractivity contribution in [3.8, 4) is 0 Å². The van der Waals surface area contributed by atoms with E-state index in [1.54, 1.807) is 0 Å². The molecule has 0 unspecified atom stereocenters. The Kier molecular flexibility index (Phi) is 13.7. The van der Waals surface area contributed by atoms with Gasteiger partial charge in [0.15, 0.2) is 0 Å². The molecule has 8 heavy (non-hydrogen) atoms. The van der Waals surface area contributed by atoms with Crippen LogP contribution in [0.25, 0.3) is 0 Å². The topological polar surface area (TPSA) is 113 Å². The quantitative estimate of drug-likeness (QED) is 0.351. The van der Waals surface area contributed by atoms with Gasteiger partial charge in [0.1, 0.15) is 0 Å². The van der Waals surface area contributed by atoms with E-state index in [2.05, 4.69) is 7.18 Å². The van der Waals surface area contributed by atoms with Crippen molar-refractivity contribution < 1.29 is 23.6 Å². The van der Waals surface area contributed by atoms with E-state index in [1.165, 1.54) is 0 Å². The lowest BCUT2D eigenvalue weighted by Gasteiger charge is -1.82. The van der Waals surface area contributed by atoms with E-state index < -0.39 is 7.82 Å². The fraction of sp³-hybridized carbons (Fsp3) is 0. The zero-order valence-corrected chi connectivity index (χ0v) is 4.68. The van der Waals surface area contributed by atoms with Gasteiger partial charge < -0.3 is 20.8 Å². The number of rotatable bonds is 0. The first-order valence-electron chi connectivity index (χ1n) is 0.972. The Morgan fingerprint density at radius 1 is 1.25 bits per heavy atom. The minimum absolute atomic E-state index is 0. The van der Waals surface area contributed by atoms with Gasteiger partial charge in [-0.15, -0.1) is 0 Å². The minimum Gasteiger partial charge on any atom is -0.344 e. The van der Waals surface area contributed by atoms with Crippen molar-refractivity contribution in [2.24, 2.45) is 0 Å². The number of hydrogen-bond donors (Lipinski definition) is 4. The lowest BCUT2D eigenvalue weighted by molar-refractivity contribution is 0.275. The maximum absolute atomic E-state index is 8.88. The monoisotopic (exact) mass is 146 g/mol. The van der Waals surface area contributed by atoms with E-state index in [0.29, 0.717) is 0 Å². The van der Waals surface area contributed by atoms with Gasteiger partial charge in [-0.1, -0.05) is 0 Å². The van der Waals surface area contributed by atoms with E-state index in [4.69, 9.17) is 23.6 Å². The third-order valence-electron chi connectivity index (χ3n) is 0. The summed E-state index contributed by atoms with van der Waals surface area (Å²) in [5.74, 6) is 0. The number of halogens is 1. The molecule has 0 aromatic carbocycles. The molecule has 7 heteroatoms. The minimum atomic E-state index is -4.64. The summed E-state index contributed by atoms with van der Waals surface area (Å²) in [6.45, 7) is 0. The van der Waals surface area contributed by atoms with Crippen LogP contribution in [0.2, 0.25) is 0 Å². The number of hydrogen-bond acceptors (Lipinski definition) is 2. The zero-order chi connectivity index (χ0) is 6.50. The van der Waals surface area contributed by atoms with Crippen LogP contribution >= 0.6 is 7.82 Å². The molecule has 0 rings (SSSR count). The molecule has 0 fully saturated rings. The first kappa shape index (κ1) is 15.7. The first-order chi connectivity index (χ1) is 3.00. The molecule has 0 atom stereocenters. The summed E-state index contributed by atoms with van der Waals surface area (Å²) >= 11 is 0. The lowest BCUT2D eigenvalue weighted by atomic mass is 11.9. The Balaban J connectivity index is -0.0000000750.